The summed E-state index contributed by atoms with van der Waals surface area (Å²) < 4.78 is 0. The molecule has 1 rings (SSSR count). The fraction of sp³-hybridized carbons (Fsp3) is 0.615. The minimum atomic E-state index is 1.08. The molecule has 15 heavy (non-hydrogen) atoms. The second-order valence-corrected chi connectivity index (χ2v) is 3.93. The van der Waals surface area contributed by atoms with Crippen molar-refractivity contribution in [3.63, 3.8) is 0 Å². The van der Waals surface area contributed by atoms with Crippen LogP contribution in [0, 0.1) is 0 Å². The first-order valence-electron chi connectivity index (χ1n) is 6.07. The van der Waals surface area contributed by atoms with E-state index >= 15 is 0 Å². The largest absolute Gasteiger partial charge is 0.385 e. The second kappa shape index (κ2) is 8.27. The van der Waals surface area contributed by atoms with E-state index in [2.05, 4.69) is 17.2 Å². The van der Waals surface area contributed by atoms with Crippen molar-refractivity contribution in [1.29, 1.82) is 0 Å². The van der Waals surface area contributed by atoms with Crippen molar-refractivity contribution in [2.75, 3.05) is 11.9 Å². The van der Waals surface area contributed by atoms with Crippen LogP contribution in [0.5, 0.6) is 0 Å². The van der Waals surface area contributed by atoms with Crippen molar-refractivity contribution in [3.8, 4) is 0 Å². The predicted molar refractivity (Wildman–Crippen MR) is 66.1 cm³/mol. The molecule has 0 unspecified atom stereocenters. The summed E-state index contributed by atoms with van der Waals surface area (Å²) in [5, 5.41) is 3.40. The van der Waals surface area contributed by atoms with Gasteiger partial charge in [0.1, 0.15) is 0 Å². The molecule has 0 saturated heterocycles. The van der Waals surface area contributed by atoms with Gasteiger partial charge in [-0.25, -0.2) is 0 Å². The number of hydrogen-bond donors (Lipinski definition) is 1. The van der Waals surface area contributed by atoms with Gasteiger partial charge in [-0.05, 0) is 18.6 Å². The Morgan fingerprint density at radius 2 is 1.67 bits per heavy atom. The molecule has 0 bridgehead atoms. The smallest absolute Gasteiger partial charge is 0.0371 e. The molecule has 2 nitrogen and oxygen atoms in total. The Kier molecular flexibility index (Phi) is 6.63. The van der Waals surface area contributed by atoms with Gasteiger partial charge in [0.25, 0.3) is 0 Å². The first-order chi connectivity index (χ1) is 7.43. The Labute approximate surface area is 93.1 Å². The number of nitrogens with zero attached hydrogens (tertiary/aromatic N) is 1. The van der Waals surface area contributed by atoms with Crippen molar-refractivity contribution in [2.45, 2.75) is 45.4 Å². The highest BCUT2D eigenvalue weighted by Gasteiger charge is 1.91. The normalized spacial score (nSPS) is 10.2. The topological polar surface area (TPSA) is 24.9 Å². The van der Waals surface area contributed by atoms with E-state index in [0.717, 1.165) is 6.54 Å². The average molecular weight is 206 g/mol. The van der Waals surface area contributed by atoms with Gasteiger partial charge in [0.05, 0.1) is 0 Å². The highest BCUT2D eigenvalue weighted by atomic mass is 14.9. The second-order valence-electron chi connectivity index (χ2n) is 3.93. The van der Waals surface area contributed by atoms with Crippen LogP contribution in [0.4, 0.5) is 5.69 Å². The Morgan fingerprint density at radius 3 is 2.40 bits per heavy atom. The van der Waals surface area contributed by atoms with Gasteiger partial charge < -0.3 is 5.32 Å². The van der Waals surface area contributed by atoms with Crippen LogP contribution < -0.4 is 5.32 Å². The molecule has 0 saturated carbocycles. The van der Waals surface area contributed by atoms with E-state index in [4.69, 9.17) is 0 Å². The zero-order chi connectivity index (χ0) is 10.8. The lowest BCUT2D eigenvalue weighted by Crippen LogP contribution is -2.01. The lowest BCUT2D eigenvalue weighted by molar-refractivity contribution is 0.617. The van der Waals surface area contributed by atoms with Crippen molar-refractivity contribution >= 4 is 5.69 Å². The summed E-state index contributed by atoms with van der Waals surface area (Å²) in [6.45, 7) is 3.33. The van der Waals surface area contributed by atoms with Crippen LogP contribution in [-0.2, 0) is 0 Å². The summed E-state index contributed by atoms with van der Waals surface area (Å²) >= 11 is 0. The Hall–Kier alpha value is -1.05. The number of hydrogen-bond acceptors (Lipinski definition) is 2. The van der Waals surface area contributed by atoms with Crippen LogP contribution in [0.25, 0.3) is 0 Å². The maximum atomic E-state index is 3.98. The van der Waals surface area contributed by atoms with Gasteiger partial charge in [-0.2, -0.15) is 0 Å². The molecule has 1 heterocycles. The lowest BCUT2D eigenvalue weighted by atomic mass is 10.1. The summed E-state index contributed by atoms with van der Waals surface area (Å²) in [6, 6.07) is 4.02. The SMILES string of the molecule is CCCCCCCCNc1ccncc1. The number of unbranched alkanes of at least 4 members (excludes halogenated alkanes) is 5. The van der Waals surface area contributed by atoms with Crippen molar-refractivity contribution in [3.05, 3.63) is 24.5 Å². The van der Waals surface area contributed by atoms with Crippen molar-refractivity contribution in [2.24, 2.45) is 0 Å². The molecule has 0 aliphatic carbocycles. The Balaban J connectivity index is 1.93. The molecular weight excluding hydrogens is 184 g/mol. The van der Waals surface area contributed by atoms with E-state index in [-0.39, 0.29) is 0 Å². The zero-order valence-corrected chi connectivity index (χ0v) is 9.71. The van der Waals surface area contributed by atoms with E-state index in [1.165, 1.54) is 44.2 Å². The fourth-order valence-corrected chi connectivity index (χ4v) is 1.61. The molecule has 0 amide bonds. The van der Waals surface area contributed by atoms with E-state index in [9.17, 15) is 0 Å². The average Bonchev–Trinajstić information content (AvgIpc) is 2.29. The van der Waals surface area contributed by atoms with Gasteiger partial charge >= 0.3 is 0 Å². The summed E-state index contributed by atoms with van der Waals surface area (Å²) in [4.78, 5) is 3.98. The van der Waals surface area contributed by atoms with Gasteiger partial charge in [-0.1, -0.05) is 39.0 Å². The molecular formula is C13H22N2. The van der Waals surface area contributed by atoms with Gasteiger partial charge in [0.15, 0.2) is 0 Å². The zero-order valence-electron chi connectivity index (χ0n) is 9.71. The van der Waals surface area contributed by atoms with Crippen molar-refractivity contribution < 1.29 is 0 Å². The minimum Gasteiger partial charge on any atom is -0.385 e. The minimum absolute atomic E-state index is 1.08. The van der Waals surface area contributed by atoms with Crippen LogP contribution in [0.1, 0.15) is 45.4 Å². The predicted octanol–water partition coefficient (Wildman–Crippen LogP) is 3.85. The monoisotopic (exact) mass is 206 g/mol. The molecule has 0 radical (unpaired) electrons. The number of aromatic nitrogens is 1. The fourth-order valence-electron chi connectivity index (χ4n) is 1.61. The molecule has 0 aliphatic rings. The third-order valence-corrected chi connectivity index (χ3v) is 2.54. The van der Waals surface area contributed by atoms with Gasteiger partial charge in [-0.15, -0.1) is 0 Å². The molecule has 0 fully saturated rings. The number of anilines is 1. The molecule has 84 valence electrons. The van der Waals surface area contributed by atoms with Crippen LogP contribution in [-0.4, -0.2) is 11.5 Å². The van der Waals surface area contributed by atoms with Crippen LogP contribution in [0.15, 0.2) is 24.5 Å². The van der Waals surface area contributed by atoms with E-state index in [0.29, 0.717) is 0 Å². The third kappa shape index (κ3) is 6.10. The number of pyridine rings is 1. The van der Waals surface area contributed by atoms with Gasteiger partial charge in [0, 0.05) is 24.6 Å². The quantitative estimate of drug-likeness (QED) is 0.653. The first-order valence-corrected chi connectivity index (χ1v) is 6.07. The van der Waals surface area contributed by atoms with Gasteiger partial charge in [0.2, 0.25) is 0 Å². The summed E-state index contributed by atoms with van der Waals surface area (Å²) in [5.41, 5.74) is 1.18. The number of nitrogens with one attached hydrogen (secondary N) is 1. The third-order valence-electron chi connectivity index (χ3n) is 2.54. The van der Waals surface area contributed by atoms with Crippen LogP contribution >= 0.6 is 0 Å². The molecule has 1 aromatic rings. The first kappa shape index (κ1) is 12.0. The van der Waals surface area contributed by atoms with E-state index < -0.39 is 0 Å². The molecule has 0 aromatic carbocycles. The maximum absolute atomic E-state index is 3.98. The van der Waals surface area contributed by atoms with Crippen LogP contribution in [0.3, 0.4) is 0 Å². The van der Waals surface area contributed by atoms with Gasteiger partial charge in [-0.3, -0.25) is 4.98 Å². The summed E-state index contributed by atoms with van der Waals surface area (Å²) in [6.07, 6.45) is 11.8. The maximum Gasteiger partial charge on any atom is 0.0371 e. The highest BCUT2D eigenvalue weighted by Crippen LogP contribution is 2.07. The van der Waals surface area contributed by atoms with Crippen LogP contribution in [0.2, 0.25) is 0 Å². The summed E-state index contributed by atoms with van der Waals surface area (Å²) in [7, 11) is 0. The lowest BCUT2D eigenvalue weighted by Gasteiger charge is -2.05. The van der Waals surface area contributed by atoms with E-state index in [1.807, 2.05) is 24.5 Å². The standard InChI is InChI=1S/C13H22N2/c1-2-3-4-5-6-7-10-15-13-8-11-14-12-9-13/h8-9,11-12H,2-7,10H2,1H3,(H,14,15). The van der Waals surface area contributed by atoms with Crippen molar-refractivity contribution in [1.82, 2.24) is 4.98 Å². The Morgan fingerprint density at radius 1 is 1.00 bits per heavy atom. The molecule has 0 spiro atoms. The molecule has 1 N–H and O–H groups in total. The molecule has 0 aliphatic heterocycles. The molecule has 0 atom stereocenters. The Bertz CT molecular complexity index is 234. The molecule has 2 heteroatoms. The highest BCUT2D eigenvalue weighted by molar-refractivity contribution is 5.40. The summed E-state index contributed by atoms with van der Waals surface area (Å²) in [5.74, 6) is 0. The molecule has 1 aromatic heterocycles. The van der Waals surface area contributed by atoms with E-state index in [1.54, 1.807) is 0 Å². The number of rotatable bonds is 8.